The van der Waals surface area contributed by atoms with E-state index in [1.165, 1.54) is 6.42 Å². The molecule has 1 aliphatic carbocycles. The molecule has 2 atom stereocenters. The van der Waals surface area contributed by atoms with Gasteiger partial charge >= 0.3 is 6.03 Å². The highest BCUT2D eigenvalue weighted by Crippen LogP contribution is 2.42. The minimum atomic E-state index is -0.897. The molecular weight excluding hydrogens is 270 g/mol. The van der Waals surface area contributed by atoms with Crippen LogP contribution < -0.4 is 10.6 Å². The van der Waals surface area contributed by atoms with Crippen LogP contribution >= 0.6 is 0 Å². The van der Waals surface area contributed by atoms with Gasteiger partial charge in [-0.1, -0.05) is 26.7 Å². The van der Waals surface area contributed by atoms with Crippen LogP contribution in [0.25, 0.3) is 0 Å². The molecule has 0 aromatic carbocycles. The smallest absolute Gasteiger partial charge is 0.322 e. The topological polar surface area (TPSA) is 78.5 Å². The summed E-state index contributed by atoms with van der Waals surface area (Å²) < 4.78 is 0. The molecule has 3 fully saturated rings. The lowest BCUT2D eigenvalue weighted by molar-refractivity contribution is -0.140. The molecule has 2 aliphatic heterocycles. The Bertz CT molecular complexity index is 502. The molecule has 116 valence electrons. The molecule has 2 heterocycles. The van der Waals surface area contributed by atoms with Crippen LogP contribution in [0.2, 0.25) is 0 Å². The molecule has 6 nitrogen and oxygen atoms in total. The Morgan fingerprint density at radius 3 is 2.62 bits per heavy atom. The number of nitrogens with one attached hydrogen (secondary N) is 2. The lowest BCUT2D eigenvalue weighted by Gasteiger charge is -2.39. The highest BCUT2D eigenvalue weighted by molar-refractivity contribution is 6.07. The van der Waals surface area contributed by atoms with Gasteiger partial charge in [-0.25, -0.2) is 4.79 Å². The van der Waals surface area contributed by atoms with E-state index in [0.717, 1.165) is 19.3 Å². The first-order valence-corrected chi connectivity index (χ1v) is 7.76. The predicted molar refractivity (Wildman–Crippen MR) is 76.3 cm³/mol. The van der Waals surface area contributed by atoms with E-state index in [1.54, 1.807) is 4.90 Å². The van der Waals surface area contributed by atoms with Crippen LogP contribution in [0.1, 0.15) is 46.0 Å². The summed E-state index contributed by atoms with van der Waals surface area (Å²) in [7, 11) is 0. The quantitative estimate of drug-likeness (QED) is 0.708. The van der Waals surface area contributed by atoms with Gasteiger partial charge < -0.3 is 10.2 Å². The molecule has 2 saturated heterocycles. The molecule has 21 heavy (non-hydrogen) atoms. The molecule has 0 radical (unpaired) electrons. The average molecular weight is 293 g/mol. The van der Waals surface area contributed by atoms with Gasteiger partial charge in [0.1, 0.15) is 5.54 Å². The Labute approximate surface area is 124 Å². The Morgan fingerprint density at radius 2 is 2.00 bits per heavy atom. The maximum absolute atomic E-state index is 12.8. The van der Waals surface area contributed by atoms with E-state index in [4.69, 9.17) is 0 Å². The molecule has 2 unspecified atom stereocenters. The van der Waals surface area contributed by atoms with Crippen molar-refractivity contribution in [3.8, 4) is 0 Å². The molecule has 4 amide bonds. The van der Waals surface area contributed by atoms with E-state index >= 15 is 0 Å². The van der Waals surface area contributed by atoms with Crippen LogP contribution in [0.5, 0.6) is 0 Å². The van der Waals surface area contributed by atoms with E-state index in [1.807, 2.05) is 0 Å². The number of carbonyl (C=O) groups is 3. The number of likely N-dealkylation sites (tertiary alicyclic amines) is 1. The van der Waals surface area contributed by atoms with Gasteiger partial charge in [0.15, 0.2) is 0 Å². The fourth-order valence-corrected chi connectivity index (χ4v) is 3.99. The Hall–Kier alpha value is -1.59. The van der Waals surface area contributed by atoms with Crippen molar-refractivity contribution in [1.82, 2.24) is 15.5 Å². The second kappa shape index (κ2) is 4.71. The number of amides is 4. The zero-order valence-electron chi connectivity index (χ0n) is 12.7. The number of hydrogen-bond acceptors (Lipinski definition) is 3. The molecular formula is C15H23N3O3. The van der Waals surface area contributed by atoms with Crippen molar-refractivity contribution in [2.24, 2.45) is 11.3 Å². The molecule has 3 rings (SSSR count). The highest BCUT2D eigenvalue weighted by Gasteiger charge is 2.53. The number of urea groups is 1. The van der Waals surface area contributed by atoms with Crippen molar-refractivity contribution in [2.75, 3.05) is 13.1 Å². The van der Waals surface area contributed by atoms with Gasteiger partial charge in [-0.15, -0.1) is 0 Å². The number of rotatable bonds is 1. The molecule has 6 heteroatoms. The van der Waals surface area contributed by atoms with Crippen molar-refractivity contribution < 1.29 is 14.4 Å². The Morgan fingerprint density at radius 1 is 1.24 bits per heavy atom. The first-order chi connectivity index (χ1) is 9.84. The monoisotopic (exact) mass is 293 g/mol. The number of hydrogen-bond donors (Lipinski definition) is 2. The van der Waals surface area contributed by atoms with Crippen LogP contribution in [0.4, 0.5) is 4.79 Å². The minimum absolute atomic E-state index is 0.0201. The van der Waals surface area contributed by atoms with Crippen LogP contribution in [0.15, 0.2) is 0 Å². The van der Waals surface area contributed by atoms with Gasteiger partial charge in [-0.2, -0.15) is 0 Å². The van der Waals surface area contributed by atoms with Gasteiger partial charge in [-0.3, -0.25) is 14.9 Å². The second-order valence-electron chi connectivity index (χ2n) is 7.29. The van der Waals surface area contributed by atoms with E-state index in [0.29, 0.717) is 19.5 Å². The lowest BCUT2D eigenvalue weighted by Crippen LogP contribution is -2.51. The van der Waals surface area contributed by atoms with Crippen LogP contribution in [-0.4, -0.2) is 41.4 Å². The minimum Gasteiger partial charge on any atom is -0.339 e. The number of imide groups is 1. The van der Waals surface area contributed by atoms with E-state index < -0.39 is 11.6 Å². The van der Waals surface area contributed by atoms with Crippen molar-refractivity contribution in [1.29, 1.82) is 0 Å². The van der Waals surface area contributed by atoms with Crippen LogP contribution in [-0.2, 0) is 9.59 Å². The first-order valence-electron chi connectivity index (χ1n) is 7.76. The highest BCUT2D eigenvalue weighted by atomic mass is 16.2. The fourth-order valence-electron chi connectivity index (χ4n) is 3.99. The summed E-state index contributed by atoms with van der Waals surface area (Å²) >= 11 is 0. The predicted octanol–water partition coefficient (Wildman–Crippen LogP) is 1.01. The summed E-state index contributed by atoms with van der Waals surface area (Å²) in [5.74, 6) is -0.127. The second-order valence-corrected chi connectivity index (χ2v) is 7.29. The fraction of sp³-hybridized carbons (Fsp3) is 0.800. The standard InChI is InChI=1S/C15H23N3O3/c1-14(2)6-4-3-5-10(14)11(19)18-8-7-15(9-18)12(20)16-13(21)17-15/h10H,3-9H2,1-2H3,(H2,16,17,20,21). The van der Waals surface area contributed by atoms with Gasteiger partial charge in [0, 0.05) is 12.5 Å². The van der Waals surface area contributed by atoms with Crippen molar-refractivity contribution in [2.45, 2.75) is 51.5 Å². The zero-order chi connectivity index (χ0) is 15.3. The SMILES string of the molecule is CC1(C)CCCCC1C(=O)N1CCC2(C1)NC(=O)NC2=O. The van der Waals surface area contributed by atoms with Crippen molar-refractivity contribution in [3.05, 3.63) is 0 Å². The summed E-state index contributed by atoms with van der Waals surface area (Å²) in [6, 6.07) is -0.452. The normalized spacial score (nSPS) is 35.0. The third-order valence-corrected chi connectivity index (χ3v) is 5.40. The zero-order valence-corrected chi connectivity index (χ0v) is 12.7. The molecule has 3 aliphatic rings. The summed E-state index contributed by atoms with van der Waals surface area (Å²) in [4.78, 5) is 37.9. The maximum atomic E-state index is 12.8. The molecule has 1 spiro atoms. The van der Waals surface area contributed by atoms with Crippen LogP contribution in [0, 0.1) is 11.3 Å². The van der Waals surface area contributed by atoms with Crippen molar-refractivity contribution in [3.63, 3.8) is 0 Å². The van der Waals surface area contributed by atoms with Gasteiger partial charge in [-0.05, 0) is 24.7 Å². The average Bonchev–Trinajstić information content (AvgIpc) is 2.93. The van der Waals surface area contributed by atoms with Gasteiger partial charge in [0.2, 0.25) is 5.91 Å². The molecule has 1 saturated carbocycles. The van der Waals surface area contributed by atoms with E-state index in [9.17, 15) is 14.4 Å². The summed E-state index contributed by atoms with van der Waals surface area (Å²) in [6.45, 7) is 5.16. The third kappa shape index (κ3) is 2.30. The summed E-state index contributed by atoms with van der Waals surface area (Å²) in [5.41, 5.74) is -0.877. The Balaban J connectivity index is 1.73. The Kier molecular flexibility index (Phi) is 3.22. The van der Waals surface area contributed by atoms with Crippen molar-refractivity contribution >= 4 is 17.8 Å². The van der Waals surface area contributed by atoms with E-state index in [2.05, 4.69) is 24.5 Å². The third-order valence-electron chi connectivity index (χ3n) is 5.40. The van der Waals surface area contributed by atoms with E-state index in [-0.39, 0.29) is 23.1 Å². The number of nitrogens with zero attached hydrogens (tertiary/aromatic N) is 1. The molecule has 0 aromatic rings. The molecule has 0 aromatic heterocycles. The first kappa shape index (κ1) is 14.4. The largest absolute Gasteiger partial charge is 0.339 e. The van der Waals surface area contributed by atoms with Crippen LogP contribution in [0.3, 0.4) is 0 Å². The molecule has 2 N–H and O–H groups in total. The lowest BCUT2D eigenvalue weighted by atomic mass is 9.68. The summed E-state index contributed by atoms with van der Waals surface area (Å²) in [5, 5.41) is 4.97. The van der Waals surface area contributed by atoms with Gasteiger partial charge in [0.25, 0.3) is 5.91 Å². The molecule has 0 bridgehead atoms. The maximum Gasteiger partial charge on any atom is 0.322 e. The van der Waals surface area contributed by atoms with Gasteiger partial charge in [0.05, 0.1) is 6.54 Å². The number of carbonyl (C=O) groups excluding carboxylic acids is 3. The summed E-state index contributed by atoms with van der Waals surface area (Å²) in [6.07, 6.45) is 4.77.